The Bertz CT molecular complexity index is 3130. The zero-order chi connectivity index (χ0) is 32.8. The molecule has 3 aromatic heterocycles. The van der Waals surface area contributed by atoms with Gasteiger partial charge in [-0.25, -0.2) is 0 Å². The summed E-state index contributed by atoms with van der Waals surface area (Å²) in [6.07, 6.45) is 0. The number of benzene rings is 8. The third-order valence-electron chi connectivity index (χ3n) is 10.1. The summed E-state index contributed by atoms with van der Waals surface area (Å²) in [6, 6.07) is 58.4. The molecule has 0 aliphatic carbocycles. The minimum Gasteiger partial charge on any atom is -0.456 e. The lowest BCUT2D eigenvalue weighted by Crippen LogP contribution is -2.11. The van der Waals surface area contributed by atoms with Crippen molar-refractivity contribution in [2.45, 2.75) is 0 Å². The summed E-state index contributed by atoms with van der Waals surface area (Å²) in [7, 11) is 0. The number of furan rings is 2. The van der Waals surface area contributed by atoms with Crippen LogP contribution in [-0.4, -0.2) is 0 Å². The maximum Gasteiger partial charge on any atom is 0.143 e. The summed E-state index contributed by atoms with van der Waals surface area (Å²) in [4.78, 5) is 2.40. The van der Waals surface area contributed by atoms with Gasteiger partial charge in [-0.3, -0.25) is 0 Å². The van der Waals surface area contributed by atoms with E-state index in [9.17, 15) is 0 Å². The molecular weight excluding hydrogens is 631 g/mol. The second-order valence-corrected chi connectivity index (χ2v) is 13.9. The van der Waals surface area contributed by atoms with Gasteiger partial charge in [0.05, 0.1) is 16.8 Å². The Hall–Kier alpha value is -6.36. The van der Waals surface area contributed by atoms with Crippen molar-refractivity contribution in [3.05, 3.63) is 164 Å². The number of para-hydroxylation sites is 2. The summed E-state index contributed by atoms with van der Waals surface area (Å²) in [5.74, 6) is 0. The molecule has 0 amide bonds. The molecule has 0 fully saturated rings. The summed E-state index contributed by atoms with van der Waals surface area (Å²) >= 11 is 1.85. The Balaban J connectivity index is 1.21. The molecule has 0 atom stereocenters. The molecule has 50 heavy (non-hydrogen) atoms. The van der Waals surface area contributed by atoms with Gasteiger partial charge in [0.2, 0.25) is 0 Å². The van der Waals surface area contributed by atoms with Crippen molar-refractivity contribution in [2.75, 3.05) is 4.90 Å². The smallest absolute Gasteiger partial charge is 0.143 e. The SMILES string of the molecule is c1ccc(N(c2ccc3oc4ccccc4c3c2)c2cccc3oc4c5ccccc5ccc4c23)c(-c2ccc3sc4ccccc4c3c2)c1. The predicted molar refractivity (Wildman–Crippen MR) is 212 cm³/mol. The van der Waals surface area contributed by atoms with Gasteiger partial charge >= 0.3 is 0 Å². The van der Waals surface area contributed by atoms with Gasteiger partial charge in [-0.15, -0.1) is 11.3 Å². The van der Waals surface area contributed by atoms with E-state index in [2.05, 4.69) is 157 Å². The van der Waals surface area contributed by atoms with Crippen molar-refractivity contribution < 1.29 is 8.83 Å². The first-order chi connectivity index (χ1) is 24.8. The Labute approximate surface area is 290 Å². The van der Waals surface area contributed by atoms with Crippen molar-refractivity contribution >= 4 is 103 Å². The van der Waals surface area contributed by atoms with Crippen LogP contribution in [0.1, 0.15) is 0 Å². The highest BCUT2D eigenvalue weighted by Gasteiger charge is 2.23. The van der Waals surface area contributed by atoms with Crippen LogP contribution >= 0.6 is 11.3 Å². The van der Waals surface area contributed by atoms with Crippen LogP contribution in [0.2, 0.25) is 0 Å². The molecule has 3 nitrogen and oxygen atoms in total. The third kappa shape index (κ3) is 4.03. The molecule has 0 aliphatic heterocycles. The van der Waals surface area contributed by atoms with Crippen LogP contribution in [0.4, 0.5) is 17.1 Å². The zero-order valence-electron chi connectivity index (χ0n) is 26.8. The predicted octanol–water partition coefficient (Wildman–Crippen LogP) is 14.1. The fraction of sp³-hybridized carbons (Fsp3) is 0. The van der Waals surface area contributed by atoms with Crippen LogP contribution in [0.3, 0.4) is 0 Å². The van der Waals surface area contributed by atoms with Crippen LogP contribution in [0.5, 0.6) is 0 Å². The Morgan fingerprint density at radius 3 is 2.12 bits per heavy atom. The van der Waals surface area contributed by atoms with Gasteiger partial charge in [0, 0.05) is 53.0 Å². The van der Waals surface area contributed by atoms with Gasteiger partial charge in [-0.1, -0.05) is 97.1 Å². The lowest BCUT2D eigenvalue weighted by atomic mass is 9.98. The van der Waals surface area contributed by atoms with Crippen LogP contribution < -0.4 is 4.90 Å². The van der Waals surface area contributed by atoms with E-state index >= 15 is 0 Å². The van der Waals surface area contributed by atoms with E-state index in [-0.39, 0.29) is 0 Å². The zero-order valence-corrected chi connectivity index (χ0v) is 27.6. The number of anilines is 3. The van der Waals surface area contributed by atoms with E-state index < -0.39 is 0 Å². The number of hydrogen-bond acceptors (Lipinski definition) is 4. The number of nitrogens with zero attached hydrogens (tertiary/aromatic N) is 1. The molecular formula is C46H27NO2S. The van der Waals surface area contributed by atoms with Gasteiger partial charge in [0.1, 0.15) is 22.3 Å². The van der Waals surface area contributed by atoms with Crippen LogP contribution in [0, 0.1) is 0 Å². The standard InChI is InChI=1S/C46H27NO2S/c1-2-12-32-28(10-1)20-23-35-45-39(16-9-18-42(45)49-46(32)35)47(30-22-24-41-36(27-30)33-13-4-7-17-40(33)48-41)38-15-6-3-11-31(38)29-21-25-44-37(26-29)34-14-5-8-19-43(34)50-44/h1-27H. The number of rotatable bonds is 4. The molecule has 0 saturated heterocycles. The molecule has 234 valence electrons. The van der Waals surface area contributed by atoms with Crippen molar-refractivity contribution in [1.82, 2.24) is 0 Å². The first-order valence-corrected chi connectivity index (χ1v) is 17.7. The molecule has 0 N–H and O–H groups in total. The highest BCUT2D eigenvalue weighted by atomic mass is 32.1. The topological polar surface area (TPSA) is 29.5 Å². The molecule has 0 spiro atoms. The normalized spacial score (nSPS) is 12.0. The molecule has 11 aromatic rings. The molecule has 3 heterocycles. The molecule has 0 saturated carbocycles. The first kappa shape index (κ1) is 27.6. The van der Waals surface area contributed by atoms with E-state index in [0.29, 0.717) is 0 Å². The first-order valence-electron chi connectivity index (χ1n) is 16.8. The molecule has 0 aliphatic rings. The van der Waals surface area contributed by atoms with E-state index in [1.807, 2.05) is 23.5 Å². The van der Waals surface area contributed by atoms with Gasteiger partial charge in [0.25, 0.3) is 0 Å². The second kappa shape index (κ2) is 10.6. The number of hydrogen-bond donors (Lipinski definition) is 0. The Morgan fingerprint density at radius 1 is 0.420 bits per heavy atom. The van der Waals surface area contributed by atoms with Gasteiger partial charge < -0.3 is 13.7 Å². The van der Waals surface area contributed by atoms with E-state index in [4.69, 9.17) is 8.83 Å². The number of thiophene rings is 1. The van der Waals surface area contributed by atoms with Gasteiger partial charge in [-0.2, -0.15) is 0 Å². The van der Waals surface area contributed by atoms with Crippen LogP contribution in [0.15, 0.2) is 173 Å². The molecule has 0 radical (unpaired) electrons. The monoisotopic (exact) mass is 657 g/mol. The summed E-state index contributed by atoms with van der Waals surface area (Å²) in [6.45, 7) is 0. The average molecular weight is 658 g/mol. The number of fused-ring (bicyclic) bond motifs is 11. The van der Waals surface area contributed by atoms with Crippen molar-refractivity contribution in [2.24, 2.45) is 0 Å². The van der Waals surface area contributed by atoms with Crippen LogP contribution in [0.25, 0.3) is 85.9 Å². The van der Waals surface area contributed by atoms with Crippen molar-refractivity contribution in [3.63, 3.8) is 0 Å². The lowest BCUT2D eigenvalue weighted by Gasteiger charge is -2.28. The average Bonchev–Trinajstić information content (AvgIpc) is 3.86. The lowest BCUT2D eigenvalue weighted by molar-refractivity contribution is 0.669. The Kier molecular flexibility index (Phi) is 5.83. The van der Waals surface area contributed by atoms with E-state index in [1.54, 1.807) is 0 Å². The summed E-state index contributed by atoms with van der Waals surface area (Å²) in [5, 5.41) is 9.22. The minimum absolute atomic E-state index is 0.859. The third-order valence-corrected chi connectivity index (χ3v) is 11.2. The largest absolute Gasteiger partial charge is 0.456 e. The Morgan fingerprint density at radius 2 is 1.16 bits per heavy atom. The molecule has 11 rings (SSSR count). The molecule has 8 aromatic carbocycles. The summed E-state index contributed by atoms with van der Waals surface area (Å²) in [5.41, 5.74) is 9.03. The molecule has 0 unspecified atom stereocenters. The van der Waals surface area contributed by atoms with Crippen molar-refractivity contribution in [3.8, 4) is 11.1 Å². The fourth-order valence-corrected chi connectivity index (χ4v) is 8.88. The highest BCUT2D eigenvalue weighted by Crippen LogP contribution is 2.48. The quantitative estimate of drug-likeness (QED) is 0.189. The highest BCUT2D eigenvalue weighted by molar-refractivity contribution is 7.25. The van der Waals surface area contributed by atoms with Crippen LogP contribution in [-0.2, 0) is 0 Å². The van der Waals surface area contributed by atoms with Crippen molar-refractivity contribution in [1.29, 1.82) is 0 Å². The molecule has 4 heteroatoms. The minimum atomic E-state index is 0.859. The second-order valence-electron chi connectivity index (χ2n) is 12.9. The van der Waals surface area contributed by atoms with E-state index in [1.165, 1.54) is 25.7 Å². The summed E-state index contributed by atoms with van der Waals surface area (Å²) < 4.78 is 15.6. The maximum atomic E-state index is 6.70. The fourth-order valence-electron chi connectivity index (χ4n) is 7.79. The van der Waals surface area contributed by atoms with Gasteiger partial charge in [-0.05, 0) is 77.7 Å². The maximum absolute atomic E-state index is 6.70. The van der Waals surface area contributed by atoms with Gasteiger partial charge in [0.15, 0.2) is 0 Å². The molecule has 0 bridgehead atoms. The van der Waals surface area contributed by atoms with E-state index in [0.717, 1.165) is 77.3 Å².